The first-order valence-corrected chi connectivity index (χ1v) is 12.9. The number of sulfonamides is 1. The molecule has 0 radical (unpaired) electrons. The van der Waals surface area contributed by atoms with E-state index in [1.807, 2.05) is 50.2 Å². The van der Waals surface area contributed by atoms with Crippen LogP contribution in [-0.2, 0) is 16.4 Å². The summed E-state index contributed by atoms with van der Waals surface area (Å²) in [7, 11) is -3.57. The van der Waals surface area contributed by atoms with Crippen LogP contribution in [0.25, 0.3) is 0 Å². The maximum absolute atomic E-state index is 13.1. The third kappa shape index (κ3) is 4.74. The molecule has 1 N–H and O–H groups in total. The van der Waals surface area contributed by atoms with Gasteiger partial charge < -0.3 is 5.32 Å². The van der Waals surface area contributed by atoms with Gasteiger partial charge in [-0.05, 0) is 55.5 Å². The third-order valence-electron chi connectivity index (χ3n) is 5.73. The maximum Gasteiger partial charge on any atom is 0.286 e. The van der Waals surface area contributed by atoms with Crippen LogP contribution in [0, 0.1) is 6.92 Å². The molecule has 1 saturated heterocycles. The van der Waals surface area contributed by atoms with Crippen LogP contribution in [0.2, 0.25) is 0 Å². The van der Waals surface area contributed by atoms with Crippen molar-refractivity contribution in [2.45, 2.75) is 43.9 Å². The molecular formula is C23H26N4O3S2. The molecule has 1 aliphatic rings. The number of carbonyl (C=O) groups excluding carboxylic acids is 1. The molecule has 1 aliphatic heterocycles. The van der Waals surface area contributed by atoms with E-state index in [2.05, 4.69) is 15.5 Å². The van der Waals surface area contributed by atoms with Crippen LogP contribution < -0.4 is 5.32 Å². The quantitative estimate of drug-likeness (QED) is 0.582. The number of amides is 1. The van der Waals surface area contributed by atoms with Gasteiger partial charge in [0.25, 0.3) is 5.91 Å². The molecule has 0 saturated carbocycles. The number of piperidine rings is 1. The number of rotatable bonds is 6. The molecule has 3 aromatic rings. The molecule has 2 aromatic carbocycles. The van der Waals surface area contributed by atoms with Gasteiger partial charge in [0.15, 0.2) is 0 Å². The highest BCUT2D eigenvalue weighted by Crippen LogP contribution is 2.32. The normalized spacial score (nSPS) is 17.2. The van der Waals surface area contributed by atoms with Crippen LogP contribution >= 0.6 is 11.3 Å². The van der Waals surface area contributed by atoms with Gasteiger partial charge in [0.2, 0.25) is 15.0 Å². The number of carbonyl (C=O) groups is 1. The molecule has 9 heteroatoms. The van der Waals surface area contributed by atoms with E-state index in [1.54, 1.807) is 12.1 Å². The zero-order valence-electron chi connectivity index (χ0n) is 18.1. The van der Waals surface area contributed by atoms with Gasteiger partial charge in [-0.1, -0.05) is 48.6 Å². The molecule has 1 aromatic heterocycles. The van der Waals surface area contributed by atoms with Crippen molar-refractivity contribution in [3.63, 3.8) is 0 Å². The molecular weight excluding hydrogens is 444 g/mol. The zero-order chi connectivity index (χ0) is 22.7. The van der Waals surface area contributed by atoms with Crippen molar-refractivity contribution >= 4 is 33.0 Å². The van der Waals surface area contributed by atoms with Gasteiger partial charge in [-0.15, -0.1) is 10.2 Å². The predicted molar refractivity (Wildman–Crippen MR) is 126 cm³/mol. The molecule has 168 valence electrons. The fourth-order valence-electron chi connectivity index (χ4n) is 3.79. The molecule has 2 heterocycles. The van der Waals surface area contributed by atoms with E-state index in [9.17, 15) is 13.2 Å². The van der Waals surface area contributed by atoms with Crippen molar-refractivity contribution < 1.29 is 13.2 Å². The average molecular weight is 471 g/mol. The first-order chi connectivity index (χ1) is 15.4. The molecule has 0 spiro atoms. The number of hydrogen-bond acceptors (Lipinski definition) is 6. The Morgan fingerprint density at radius 2 is 1.91 bits per heavy atom. The number of aromatic nitrogens is 2. The molecule has 1 fully saturated rings. The number of hydrogen-bond donors (Lipinski definition) is 1. The number of nitrogens with zero attached hydrogens (tertiary/aromatic N) is 3. The number of nitrogens with one attached hydrogen (secondary N) is 1. The summed E-state index contributed by atoms with van der Waals surface area (Å²) < 4.78 is 27.8. The monoisotopic (exact) mass is 470 g/mol. The summed E-state index contributed by atoms with van der Waals surface area (Å²) in [5.74, 6) is -0.384. The second-order valence-corrected chi connectivity index (χ2v) is 10.9. The Labute approximate surface area is 192 Å². The average Bonchev–Trinajstić information content (AvgIpc) is 3.31. The van der Waals surface area contributed by atoms with Crippen LogP contribution in [0.5, 0.6) is 0 Å². The Bertz CT molecular complexity index is 1210. The Morgan fingerprint density at radius 3 is 2.62 bits per heavy atom. The van der Waals surface area contributed by atoms with Crippen LogP contribution in [0.4, 0.5) is 5.69 Å². The van der Waals surface area contributed by atoms with E-state index in [0.29, 0.717) is 23.0 Å². The van der Waals surface area contributed by atoms with Crippen LogP contribution in [0.1, 0.15) is 51.6 Å². The SMILES string of the molecule is CCc1ccc(S(=O)(=O)N2CCCC(c3nnc(C(=O)Nc4ccccc4C)s3)C2)cc1. The van der Waals surface area contributed by atoms with Gasteiger partial charge in [-0.2, -0.15) is 4.31 Å². The summed E-state index contributed by atoms with van der Waals surface area (Å²) in [6, 6.07) is 14.6. The van der Waals surface area contributed by atoms with Gasteiger partial charge >= 0.3 is 0 Å². The summed E-state index contributed by atoms with van der Waals surface area (Å²) in [6.07, 6.45) is 2.42. The largest absolute Gasteiger partial charge is 0.320 e. The topological polar surface area (TPSA) is 92.3 Å². The summed E-state index contributed by atoms with van der Waals surface area (Å²) in [5.41, 5.74) is 2.80. The summed E-state index contributed by atoms with van der Waals surface area (Å²) in [4.78, 5) is 12.9. The molecule has 4 rings (SSSR count). The summed E-state index contributed by atoms with van der Waals surface area (Å²) in [5, 5.41) is 12.1. The van der Waals surface area contributed by atoms with E-state index >= 15 is 0 Å². The minimum atomic E-state index is -3.57. The van der Waals surface area contributed by atoms with Crippen molar-refractivity contribution in [3.05, 3.63) is 69.7 Å². The van der Waals surface area contributed by atoms with E-state index in [1.165, 1.54) is 15.6 Å². The van der Waals surface area contributed by atoms with Crippen molar-refractivity contribution in [3.8, 4) is 0 Å². The third-order valence-corrected chi connectivity index (χ3v) is 8.69. The molecule has 1 unspecified atom stereocenters. The first-order valence-electron chi connectivity index (χ1n) is 10.7. The lowest BCUT2D eigenvalue weighted by atomic mass is 10.0. The first kappa shape index (κ1) is 22.6. The highest BCUT2D eigenvalue weighted by molar-refractivity contribution is 7.89. The fraction of sp³-hybridized carbons (Fsp3) is 0.348. The van der Waals surface area contributed by atoms with Crippen molar-refractivity contribution in [1.29, 1.82) is 0 Å². The van der Waals surface area contributed by atoms with Crippen molar-refractivity contribution in [1.82, 2.24) is 14.5 Å². The minimum absolute atomic E-state index is 0.0778. The lowest BCUT2D eigenvalue weighted by Gasteiger charge is -2.30. The highest BCUT2D eigenvalue weighted by Gasteiger charge is 2.32. The lowest BCUT2D eigenvalue weighted by Crippen LogP contribution is -2.39. The molecule has 7 nitrogen and oxygen atoms in total. The Hall–Kier alpha value is -2.62. The Morgan fingerprint density at radius 1 is 1.16 bits per heavy atom. The number of anilines is 1. The van der Waals surface area contributed by atoms with E-state index in [-0.39, 0.29) is 16.8 Å². The molecule has 0 aliphatic carbocycles. The second-order valence-electron chi connectivity index (χ2n) is 7.91. The summed E-state index contributed by atoms with van der Waals surface area (Å²) in [6.45, 7) is 4.78. The minimum Gasteiger partial charge on any atom is -0.320 e. The van der Waals surface area contributed by atoms with Crippen molar-refractivity contribution in [2.24, 2.45) is 0 Å². The Kier molecular flexibility index (Phi) is 6.68. The van der Waals surface area contributed by atoms with Gasteiger partial charge in [-0.3, -0.25) is 4.79 Å². The van der Waals surface area contributed by atoms with Crippen LogP contribution in [0.15, 0.2) is 53.4 Å². The van der Waals surface area contributed by atoms with Gasteiger partial charge in [0, 0.05) is 24.7 Å². The molecule has 1 amide bonds. The lowest BCUT2D eigenvalue weighted by molar-refractivity contribution is 0.102. The highest BCUT2D eigenvalue weighted by atomic mass is 32.2. The van der Waals surface area contributed by atoms with Gasteiger partial charge in [0.05, 0.1) is 4.90 Å². The predicted octanol–water partition coefficient (Wildman–Crippen LogP) is 4.23. The van der Waals surface area contributed by atoms with Crippen LogP contribution in [-0.4, -0.2) is 41.9 Å². The molecule has 1 atom stereocenters. The number of aryl methyl sites for hydroxylation is 2. The number of para-hydroxylation sites is 1. The van der Waals surface area contributed by atoms with Crippen LogP contribution in [0.3, 0.4) is 0 Å². The molecule has 32 heavy (non-hydrogen) atoms. The van der Waals surface area contributed by atoms with Crippen molar-refractivity contribution in [2.75, 3.05) is 18.4 Å². The second kappa shape index (κ2) is 9.48. The van der Waals surface area contributed by atoms with E-state index in [0.717, 1.165) is 36.1 Å². The zero-order valence-corrected chi connectivity index (χ0v) is 19.7. The fourth-order valence-corrected chi connectivity index (χ4v) is 6.18. The Balaban J connectivity index is 1.47. The number of benzene rings is 2. The van der Waals surface area contributed by atoms with Gasteiger partial charge in [0.1, 0.15) is 5.01 Å². The maximum atomic E-state index is 13.1. The van der Waals surface area contributed by atoms with Gasteiger partial charge in [-0.25, -0.2) is 8.42 Å². The standard InChI is InChI=1S/C23H26N4O3S2/c1-3-17-10-12-19(13-11-17)32(29,30)27-14-6-8-18(15-27)22-25-26-23(31-22)21(28)24-20-9-5-4-7-16(20)2/h4-5,7,9-13,18H,3,6,8,14-15H2,1-2H3,(H,24,28). The van der Waals surface area contributed by atoms with E-state index < -0.39 is 10.0 Å². The smallest absolute Gasteiger partial charge is 0.286 e. The van der Waals surface area contributed by atoms with E-state index in [4.69, 9.17) is 0 Å². The summed E-state index contributed by atoms with van der Waals surface area (Å²) >= 11 is 1.23. The molecule has 0 bridgehead atoms.